The smallest absolute Gasteiger partial charge is 0.133 e. The highest BCUT2D eigenvalue weighted by Crippen LogP contribution is 2.30. The molecule has 0 spiro atoms. The Hall–Kier alpha value is -1.57. The van der Waals surface area contributed by atoms with Crippen molar-refractivity contribution < 1.29 is 4.74 Å². The summed E-state index contributed by atoms with van der Waals surface area (Å²) in [4.78, 5) is 4.54. The van der Waals surface area contributed by atoms with E-state index in [4.69, 9.17) is 4.74 Å². The molecular weight excluding hydrogens is 210 g/mol. The Labute approximate surface area is 103 Å². The average Bonchev–Trinajstić information content (AvgIpc) is 2.31. The molecule has 0 N–H and O–H groups in total. The van der Waals surface area contributed by atoms with Crippen LogP contribution >= 0.6 is 0 Å². The van der Waals surface area contributed by atoms with Crippen LogP contribution in [0.3, 0.4) is 0 Å². The van der Waals surface area contributed by atoms with Gasteiger partial charge in [0.15, 0.2) is 0 Å². The Morgan fingerprint density at radius 1 is 1.29 bits per heavy atom. The van der Waals surface area contributed by atoms with E-state index < -0.39 is 0 Å². The van der Waals surface area contributed by atoms with Crippen LogP contribution < -0.4 is 4.74 Å². The number of para-hydroxylation sites is 1. The number of hydrogen-bond acceptors (Lipinski definition) is 2. The summed E-state index contributed by atoms with van der Waals surface area (Å²) in [7, 11) is 0. The number of aryl methyl sites for hydroxylation is 2. The van der Waals surface area contributed by atoms with Gasteiger partial charge in [0.1, 0.15) is 5.75 Å². The van der Waals surface area contributed by atoms with Crippen LogP contribution in [0.25, 0.3) is 10.9 Å². The van der Waals surface area contributed by atoms with E-state index >= 15 is 0 Å². The van der Waals surface area contributed by atoms with E-state index in [1.807, 2.05) is 13.1 Å². The Morgan fingerprint density at radius 3 is 2.71 bits per heavy atom. The van der Waals surface area contributed by atoms with E-state index in [1.165, 1.54) is 5.56 Å². The molecular formula is C15H19NO. The summed E-state index contributed by atoms with van der Waals surface area (Å²) in [5.41, 5.74) is 3.44. The van der Waals surface area contributed by atoms with Crippen LogP contribution in [-0.2, 0) is 6.42 Å². The summed E-state index contributed by atoms with van der Waals surface area (Å²) in [6, 6.07) is 6.30. The fourth-order valence-electron chi connectivity index (χ4n) is 2.04. The topological polar surface area (TPSA) is 22.1 Å². The quantitative estimate of drug-likeness (QED) is 0.796. The summed E-state index contributed by atoms with van der Waals surface area (Å²) in [5.74, 6) is 0.973. The van der Waals surface area contributed by atoms with Crippen LogP contribution in [0.2, 0.25) is 0 Å². The van der Waals surface area contributed by atoms with Crippen molar-refractivity contribution in [2.45, 2.75) is 40.2 Å². The molecule has 2 aromatic rings. The SMILES string of the molecule is CCc1cccc2c(OC(C)C)c(C)cnc12. The van der Waals surface area contributed by atoms with Crippen LogP contribution in [-0.4, -0.2) is 11.1 Å². The molecule has 0 aliphatic heterocycles. The maximum Gasteiger partial charge on any atom is 0.133 e. The van der Waals surface area contributed by atoms with Crippen molar-refractivity contribution in [2.24, 2.45) is 0 Å². The summed E-state index contributed by atoms with van der Waals surface area (Å²) in [6.07, 6.45) is 3.08. The highest BCUT2D eigenvalue weighted by Gasteiger charge is 2.10. The van der Waals surface area contributed by atoms with E-state index in [2.05, 4.69) is 44.0 Å². The first-order chi connectivity index (χ1) is 8.13. The molecule has 90 valence electrons. The fourth-order valence-corrected chi connectivity index (χ4v) is 2.04. The minimum atomic E-state index is 0.185. The minimum absolute atomic E-state index is 0.185. The van der Waals surface area contributed by atoms with Gasteiger partial charge in [-0.15, -0.1) is 0 Å². The fraction of sp³-hybridized carbons (Fsp3) is 0.400. The highest BCUT2D eigenvalue weighted by molar-refractivity contribution is 5.88. The van der Waals surface area contributed by atoms with Crippen molar-refractivity contribution >= 4 is 10.9 Å². The lowest BCUT2D eigenvalue weighted by Gasteiger charge is -2.15. The Bertz CT molecular complexity index is 532. The molecule has 0 saturated carbocycles. The number of pyridine rings is 1. The molecule has 1 aromatic heterocycles. The lowest BCUT2D eigenvalue weighted by Crippen LogP contribution is -2.07. The predicted molar refractivity (Wildman–Crippen MR) is 71.6 cm³/mol. The zero-order valence-electron chi connectivity index (χ0n) is 10.9. The number of aromatic nitrogens is 1. The van der Waals surface area contributed by atoms with Crippen LogP contribution in [0, 0.1) is 6.92 Å². The molecule has 0 aliphatic carbocycles. The summed E-state index contributed by atoms with van der Waals surface area (Å²) in [5, 5.41) is 1.12. The van der Waals surface area contributed by atoms with Gasteiger partial charge in [0.05, 0.1) is 11.6 Å². The maximum atomic E-state index is 5.92. The molecule has 1 aromatic carbocycles. The minimum Gasteiger partial charge on any atom is -0.490 e. The van der Waals surface area contributed by atoms with Gasteiger partial charge in [-0.1, -0.05) is 19.1 Å². The summed E-state index contributed by atoms with van der Waals surface area (Å²) < 4.78 is 5.92. The van der Waals surface area contributed by atoms with Crippen molar-refractivity contribution in [3.8, 4) is 5.75 Å². The van der Waals surface area contributed by atoms with Gasteiger partial charge in [-0.2, -0.15) is 0 Å². The van der Waals surface area contributed by atoms with Crippen molar-refractivity contribution in [3.63, 3.8) is 0 Å². The van der Waals surface area contributed by atoms with Crippen molar-refractivity contribution in [1.29, 1.82) is 0 Å². The largest absolute Gasteiger partial charge is 0.490 e. The zero-order valence-corrected chi connectivity index (χ0v) is 10.9. The number of benzene rings is 1. The average molecular weight is 229 g/mol. The van der Waals surface area contributed by atoms with Crippen LogP contribution in [0.15, 0.2) is 24.4 Å². The molecule has 0 fully saturated rings. The van der Waals surface area contributed by atoms with E-state index in [1.54, 1.807) is 0 Å². The van der Waals surface area contributed by atoms with Crippen molar-refractivity contribution in [1.82, 2.24) is 4.98 Å². The third-order valence-corrected chi connectivity index (χ3v) is 2.84. The third kappa shape index (κ3) is 2.26. The van der Waals surface area contributed by atoms with Gasteiger partial charge in [0.25, 0.3) is 0 Å². The molecule has 2 rings (SSSR count). The number of nitrogens with zero attached hydrogens (tertiary/aromatic N) is 1. The van der Waals surface area contributed by atoms with Gasteiger partial charge in [-0.25, -0.2) is 0 Å². The standard InChI is InChI=1S/C15H19NO/c1-5-12-7-6-8-13-14(12)16-9-11(4)15(13)17-10(2)3/h6-10H,5H2,1-4H3. The molecule has 0 aliphatic rings. The monoisotopic (exact) mass is 229 g/mol. The second-order valence-corrected chi connectivity index (χ2v) is 4.60. The molecule has 0 radical (unpaired) electrons. The van der Waals surface area contributed by atoms with Gasteiger partial charge >= 0.3 is 0 Å². The lowest BCUT2D eigenvalue weighted by atomic mass is 10.1. The van der Waals surface area contributed by atoms with Crippen LogP contribution in [0.1, 0.15) is 31.9 Å². The molecule has 1 heterocycles. The molecule has 17 heavy (non-hydrogen) atoms. The Kier molecular flexibility index (Phi) is 3.32. The Balaban J connectivity index is 2.68. The first-order valence-corrected chi connectivity index (χ1v) is 6.17. The summed E-state index contributed by atoms with van der Waals surface area (Å²) in [6.45, 7) is 8.30. The van der Waals surface area contributed by atoms with Crippen molar-refractivity contribution in [2.75, 3.05) is 0 Å². The second-order valence-electron chi connectivity index (χ2n) is 4.60. The van der Waals surface area contributed by atoms with Crippen LogP contribution in [0.5, 0.6) is 5.75 Å². The first-order valence-electron chi connectivity index (χ1n) is 6.17. The molecule has 0 bridgehead atoms. The molecule has 0 saturated heterocycles. The number of rotatable bonds is 3. The predicted octanol–water partition coefficient (Wildman–Crippen LogP) is 3.89. The highest BCUT2D eigenvalue weighted by atomic mass is 16.5. The number of ether oxygens (including phenoxy) is 1. The zero-order chi connectivity index (χ0) is 12.4. The van der Waals surface area contributed by atoms with Gasteiger partial charge in [0.2, 0.25) is 0 Å². The molecule has 0 amide bonds. The number of hydrogen-bond donors (Lipinski definition) is 0. The number of fused-ring (bicyclic) bond motifs is 1. The van der Waals surface area contributed by atoms with Gasteiger partial charge in [-0.3, -0.25) is 4.98 Å². The second kappa shape index (κ2) is 4.74. The molecule has 2 nitrogen and oxygen atoms in total. The van der Waals surface area contributed by atoms with Crippen molar-refractivity contribution in [3.05, 3.63) is 35.5 Å². The Morgan fingerprint density at radius 2 is 2.06 bits per heavy atom. The van der Waals surface area contributed by atoms with Gasteiger partial charge in [-0.05, 0) is 38.8 Å². The van der Waals surface area contributed by atoms with E-state index in [0.29, 0.717) is 0 Å². The first kappa shape index (κ1) is 11.9. The van der Waals surface area contributed by atoms with Crippen LogP contribution in [0.4, 0.5) is 0 Å². The van der Waals surface area contributed by atoms with Gasteiger partial charge in [0, 0.05) is 17.1 Å². The van der Waals surface area contributed by atoms with E-state index in [0.717, 1.165) is 28.6 Å². The lowest BCUT2D eigenvalue weighted by molar-refractivity contribution is 0.244. The summed E-state index contributed by atoms with van der Waals surface area (Å²) >= 11 is 0. The molecule has 2 heteroatoms. The maximum absolute atomic E-state index is 5.92. The van der Waals surface area contributed by atoms with E-state index in [9.17, 15) is 0 Å². The molecule has 0 unspecified atom stereocenters. The third-order valence-electron chi connectivity index (χ3n) is 2.84. The molecule has 0 atom stereocenters. The van der Waals surface area contributed by atoms with Gasteiger partial charge < -0.3 is 4.74 Å². The van der Waals surface area contributed by atoms with E-state index in [-0.39, 0.29) is 6.10 Å². The normalized spacial score (nSPS) is 11.1.